The maximum atomic E-state index is 12.8. The van der Waals surface area contributed by atoms with Gasteiger partial charge in [0.25, 0.3) is 0 Å². The summed E-state index contributed by atoms with van der Waals surface area (Å²) in [6.07, 6.45) is 6.84. The summed E-state index contributed by atoms with van der Waals surface area (Å²) in [5, 5.41) is 7.00. The Morgan fingerprint density at radius 3 is 2.54 bits per heavy atom. The highest BCUT2D eigenvalue weighted by molar-refractivity contribution is 5.81. The van der Waals surface area contributed by atoms with Gasteiger partial charge in [-0.1, -0.05) is 63.4 Å². The number of carbonyl (C=O) groups excluding carboxylic acids is 1. The summed E-state index contributed by atoms with van der Waals surface area (Å²) in [4.78, 5) is 19.2. The molecule has 1 aliphatic carbocycles. The first-order chi connectivity index (χ1) is 13.5. The van der Waals surface area contributed by atoms with E-state index in [1.165, 1.54) is 24.8 Å². The molecule has 2 N–H and O–H groups in total. The molecule has 1 unspecified atom stereocenters. The monoisotopic (exact) mass is 384 g/mol. The molecule has 2 fully saturated rings. The van der Waals surface area contributed by atoms with Crippen LogP contribution in [0, 0.1) is 5.92 Å². The number of benzene rings is 1. The molecule has 0 spiro atoms. The smallest absolute Gasteiger partial charge is 0.225 e. The van der Waals surface area contributed by atoms with E-state index >= 15 is 0 Å². The van der Waals surface area contributed by atoms with Gasteiger partial charge in [0.2, 0.25) is 5.91 Å². The Kier molecular flexibility index (Phi) is 6.97. The number of likely N-dealkylation sites (tertiary alicyclic amines) is 1. The molecule has 0 aromatic heterocycles. The van der Waals surface area contributed by atoms with Crippen LogP contribution in [0.5, 0.6) is 0 Å². The molecule has 1 amide bonds. The van der Waals surface area contributed by atoms with Gasteiger partial charge in [-0.05, 0) is 24.8 Å². The van der Waals surface area contributed by atoms with Crippen molar-refractivity contribution in [3.05, 3.63) is 35.9 Å². The van der Waals surface area contributed by atoms with E-state index in [-0.39, 0.29) is 17.4 Å². The van der Waals surface area contributed by atoms with Crippen molar-refractivity contribution in [3.63, 3.8) is 0 Å². The largest absolute Gasteiger partial charge is 0.356 e. The van der Waals surface area contributed by atoms with Crippen molar-refractivity contribution in [1.82, 2.24) is 15.5 Å². The molecular weight excluding hydrogens is 348 g/mol. The first-order valence-corrected chi connectivity index (χ1v) is 10.8. The van der Waals surface area contributed by atoms with Gasteiger partial charge in [0, 0.05) is 44.1 Å². The van der Waals surface area contributed by atoms with Gasteiger partial charge in [-0.15, -0.1) is 0 Å². The number of carbonyl (C=O) groups is 1. The number of nitrogens with one attached hydrogen (secondary N) is 2. The second-order valence-electron chi connectivity index (χ2n) is 8.92. The molecule has 1 aromatic rings. The summed E-state index contributed by atoms with van der Waals surface area (Å²) < 4.78 is 0. The summed E-state index contributed by atoms with van der Waals surface area (Å²) in [5.41, 5.74) is 1.32. The van der Waals surface area contributed by atoms with Gasteiger partial charge in [-0.25, -0.2) is 0 Å². The molecule has 3 rings (SSSR count). The maximum absolute atomic E-state index is 12.8. The molecular formula is C23H36N4O. The van der Waals surface area contributed by atoms with Crippen LogP contribution in [0.2, 0.25) is 0 Å². The molecule has 1 atom stereocenters. The molecule has 1 aliphatic heterocycles. The molecule has 0 radical (unpaired) electrons. The first kappa shape index (κ1) is 20.7. The number of hydrogen-bond acceptors (Lipinski definition) is 2. The molecule has 2 aliphatic rings. The number of aliphatic imine (C=N–C) groups is 1. The zero-order valence-electron chi connectivity index (χ0n) is 17.7. The molecule has 5 nitrogen and oxygen atoms in total. The van der Waals surface area contributed by atoms with Crippen LogP contribution in [-0.4, -0.2) is 49.5 Å². The van der Waals surface area contributed by atoms with Crippen LogP contribution in [-0.2, 0) is 10.2 Å². The van der Waals surface area contributed by atoms with Crippen LogP contribution in [0.3, 0.4) is 0 Å². The number of nitrogens with zero attached hydrogens (tertiary/aromatic N) is 2. The molecule has 1 heterocycles. The van der Waals surface area contributed by atoms with Crippen LogP contribution in [0.15, 0.2) is 35.3 Å². The lowest BCUT2D eigenvalue weighted by Gasteiger charge is -2.28. The minimum atomic E-state index is 0.0114. The fraction of sp³-hybridized carbons (Fsp3) is 0.652. The lowest BCUT2D eigenvalue weighted by molar-refractivity contribution is -0.135. The van der Waals surface area contributed by atoms with Crippen molar-refractivity contribution in [2.24, 2.45) is 10.9 Å². The van der Waals surface area contributed by atoms with E-state index in [9.17, 15) is 4.79 Å². The lowest BCUT2D eigenvalue weighted by Crippen LogP contribution is -2.48. The highest BCUT2D eigenvalue weighted by atomic mass is 16.2. The zero-order valence-corrected chi connectivity index (χ0v) is 17.7. The number of amides is 1. The van der Waals surface area contributed by atoms with Gasteiger partial charge in [-0.3, -0.25) is 9.79 Å². The molecule has 1 aromatic carbocycles. The van der Waals surface area contributed by atoms with E-state index in [1.807, 2.05) is 13.1 Å². The van der Waals surface area contributed by atoms with Crippen molar-refractivity contribution in [2.75, 3.05) is 26.7 Å². The minimum Gasteiger partial charge on any atom is -0.356 e. The topological polar surface area (TPSA) is 56.7 Å². The summed E-state index contributed by atoms with van der Waals surface area (Å²) in [6, 6.07) is 10.8. The SMILES string of the molecule is CN=C(NCC(C)(C)c1ccccc1)NC1CCN(C(=O)C2CCCCC2)C1. The third kappa shape index (κ3) is 5.27. The summed E-state index contributed by atoms with van der Waals surface area (Å²) in [7, 11) is 1.81. The van der Waals surface area contributed by atoms with Crippen molar-refractivity contribution in [1.29, 1.82) is 0 Å². The average Bonchev–Trinajstić information content (AvgIpc) is 3.20. The van der Waals surface area contributed by atoms with Crippen LogP contribution in [0.25, 0.3) is 0 Å². The van der Waals surface area contributed by atoms with Gasteiger partial charge in [0.05, 0.1) is 0 Å². The Morgan fingerprint density at radius 1 is 1.14 bits per heavy atom. The first-order valence-electron chi connectivity index (χ1n) is 10.8. The number of rotatable bonds is 5. The van der Waals surface area contributed by atoms with Crippen molar-refractivity contribution < 1.29 is 4.79 Å². The summed E-state index contributed by atoms with van der Waals surface area (Å²) in [5.74, 6) is 1.45. The number of hydrogen-bond donors (Lipinski definition) is 2. The predicted octanol–water partition coefficient (Wildman–Crippen LogP) is 3.31. The molecule has 5 heteroatoms. The fourth-order valence-corrected chi connectivity index (χ4v) is 4.37. The van der Waals surface area contributed by atoms with Crippen LogP contribution in [0.1, 0.15) is 57.9 Å². The van der Waals surface area contributed by atoms with Gasteiger partial charge in [0.1, 0.15) is 0 Å². The Morgan fingerprint density at radius 2 is 1.86 bits per heavy atom. The number of guanidine groups is 1. The molecule has 28 heavy (non-hydrogen) atoms. The van der Waals surface area contributed by atoms with Crippen LogP contribution >= 0.6 is 0 Å². The summed E-state index contributed by atoms with van der Waals surface area (Å²) in [6.45, 7) is 6.93. The Labute approximate surface area is 170 Å². The van der Waals surface area contributed by atoms with E-state index in [2.05, 4.69) is 58.6 Å². The van der Waals surface area contributed by atoms with E-state index in [1.54, 1.807) is 0 Å². The quantitative estimate of drug-likeness (QED) is 0.605. The van der Waals surface area contributed by atoms with Crippen molar-refractivity contribution in [2.45, 2.75) is 63.8 Å². The van der Waals surface area contributed by atoms with Crippen molar-refractivity contribution >= 4 is 11.9 Å². The highest BCUT2D eigenvalue weighted by Crippen LogP contribution is 2.27. The Bertz CT molecular complexity index is 664. The summed E-state index contributed by atoms with van der Waals surface area (Å²) >= 11 is 0. The Balaban J connectivity index is 1.48. The highest BCUT2D eigenvalue weighted by Gasteiger charge is 2.32. The second kappa shape index (κ2) is 9.44. The van der Waals surface area contributed by atoms with E-state index in [4.69, 9.17) is 0 Å². The second-order valence-corrected chi connectivity index (χ2v) is 8.92. The predicted molar refractivity (Wildman–Crippen MR) is 116 cm³/mol. The third-order valence-corrected chi connectivity index (χ3v) is 6.27. The van der Waals surface area contributed by atoms with Gasteiger partial charge >= 0.3 is 0 Å². The molecule has 1 saturated heterocycles. The van der Waals surface area contributed by atoms with E-state index in [0.717, 1.165) is 44.9 Å². The maximum Gasteiger partial charge on any atom is 0.225 e. The molecule has 154 valence electrons. The zero-order chi connectivity index (χ0) is 20.0. The van der Waals surface area contributed by atoms with Crippen LogP contribution < -0.4 is 10.6 Å². The van der Waals surface area contributed by atoms with Crippen LogP contribution in [0.4, 0.5) is 0 Å². The standard InChI is InChI=1S/C23H36N4O/c1-23(2,19-12-8-5-9-13-19)17-25-22(24-3)26-20-14-15-27(16-20)21(28)18-10-6-4-7-11-18/h5,8-9,12-13,18,20H,4,6-7,10-11,14-17H2,1-3H3,(H2,24,25,26). The fourth-order valence-electron chi connectivity index (χ4n) is 4.37. The van der Waals surface area contributed by atoms with Gasteiger partial charge in [0.15, 0.2) is 5.96 Å². The minimum absolute atomic E-state index is 0.0114. The molecule has 1 saturated carbocycles. The van der Waals surface area contributed by atoms with E-state index < -0.39 is 0 Å². The van der Waals surface area contributed by atoms with Gasteiger partial charge < -0.3 is 15.5 Å². The normalized spacial score (nSPS) is 21.6. The van der Waals surface area contributed by atoms with E-state index in [0.29, 0.717) is 5.91 Å². The molecule has 0 bridgehead atoms. The third-order valence-electron chi connectivity index (χ3n) is 6.27. The average molecular weight is 385 g/mol. The Hall–Kier alpha value is -2.04. The van der Waals surface area contributed by atoms with Crippen molar-refractivity contribution in [3.8, 4) is 0 Å². The van der Waals surface area contributed by atoms with Gasteiger partial charge in [-0.2, -0.15) is 0 Å². The lowest BCUT2D eigenvalue weighted by atomic mass is 9.85.